The number of aryl methyl sites for hydroxylation is 2. The van der Waals surface area contributed by atoms with E-state index in [1.807, 2.05) is 25.1 Å². The molecule has 0 radical (unpaired) electrons. The van der Waals surface area contributed by atoms with E-state index in [1.165, 1.54) is 36.1 Å². The quantitative estimate of drug-likeness (QED) is 0.324. The lowest BCUT2D eigenvalue weighted by Gasteiger charge is -2.14. The Hall–Kier alpha value is -4.42. The summed E-state index contributed by atoms with van der Waals surface area (Å²) in [5, 5.41) is 12.2. The fraction of sp³-hybridized carbons (Fsp3) is 0.259. The maximum absolute atomic E-state index is 13.5. The molecule has 0 aliphatic carbocycles. The van der Waals surface area contributed by atoms with E-state index >= 15 is 0 Å². The number of benzene rings is 2. The fourth-order valence-electron chi connectivity index (χ4n) is 3.46. The molecule has 0 atom stereocenters. The number of ether oxygens (including phenoxy) is 3. The van der Waals surface area contributed by atoms with Crippen molar-refractivity contribution in [1.82, 2.24) is 4.57 Å². The third-order valence-electron chi connectivity index (χ3n) is 5.34. The summed E-state index contributed by atoms with van der Waals surface area (Å²) in [7, 11) is 3.01. The average molecular weight is 490 g/mol. The first-order chi connectivity index (χ1) is 17.4. The van der Waals surface area contributed by atoms with Crippen LogP contribution in [0, 0.1) is 18.3 Å². The van der Waals surface area contributed by atoms with Crippen LogP contribution in [0.5, 0.6) is 11.5 Å². The first-order valence-electron chi connectivity index (χ1n) is 11.2. The summed E-state index contributed by atoms with van der Waals surface area (Å²) in [6.45, 7) is 2.32. The number of amides is 1. The van der Waals surface area contributed by atoms with Gasteiger partial charge in [0.25, 0.3) is 11.5 Å². The van der Waals surface area contributed by atoms with E-state index < -0.39 is 17.2 Å². The highest BCUT2D eigenvalue weighted by molar-refractivity contribution is 6.11. The molecule has 9 heteroatoms. The molecule has 0 saturated heterocycles. The Labute approximate surface area is 208 Å². The number of methoxy groups -OCH3 is 2. The molecule has 0 aliphatic rings. The van der Waals surface area contributed by atoms with E-state index in [2.05, 4.69) is 5.32 Å². The standard InChI is InChI=1S/C27H27N3O6/c1-18-5-7-21(8-6-18)29-25(31)17-36-24-10-9-22(35-3)14-23(24)26(32)20-13-19(15-28)27(33)30(16-20)11-4-12-34-2/h5-10,13-14,16H,4,11-12,17H2,1-3H3,(H,29,31). The number of pyridine rings is 1. The molecule has 1 aromatic heterocycles. The second kappa shape index (κ2) is 12.3. The number of hydrogen-bond donors (Lipinski definition) is 1. The molecule has 0 spiro atoms. The third kappa shape index (κ3) is 6.58. The predicted octanol–water partition coefficient (Wildman–Crippen LogP) is 3.32. The van der Waals surface area contributed by atoms with Gasteiger partial charge < -0.3 is 24.1 Å². The van der Waals surface area contributed by atoms with Crippen LogP contribution < -0.4 is 20.3 Å². The van der Waals surface area contributed by atoms with Crippen molar-refractivity contribution >= 4 is 17.4 Å². The highest BCUT2D eigenvalue weighted by Crippen LogP contribution is 2.27. The Balaban J connectivity index is 1.87. The molecule has 36 heavy (non-hydrogen) atoms. The van der Waals surface area contributed by atoms with Gasteiger partial charge in [-0.2, -0.15) is 5.26 Å². The first kappa shape index (κ1) is 26.2. The molecule has 3 aromatic rings. The minimum Gasteiger partial charge on any atom is -0.497 e. The number of carbonyl (C=O) groups excluding carboxylic acids is 2. The molecular weight excluding hydrogens is 462 g/mol. The Kier molecular flexibility index (Phi) is 8.97. The van der Waals surface area contributed by atoms with Crippen LogP contribution in [-0.2, 0) is 16.1 Å². The van der Waals surface area contributed by atoms with Crippen LogP contribution in [0.15, 0.2) is 59.5 Å². The van der Waals surface area contributed by atoms with Gasteiger partial charge in [0.05, 0.1) is 12.7 Å². The normalized spacial score (nSPS) is 10.4. The van der Waals surface area contributed by atoms with Gasteiger partial charge in [0.15, 0.2) is 12.4 Å². The van der Waals surface area contributed by atoms with Gasteiger partial charge in [-0.3, -0.25) is 14.4 Å². The van der Waals surface area contributed by atoms with Crippen LogP contribution in [0.4, 0.5) is 5.69 Å². The van der Waals surface area contributed by atoms with Crippen LogP contribution >= 0.6 is 0 Å². The lowest BCUT2D eigenvalue weighted by Crippen LogP contribution is -2.25. The molecule has 0 bridgehead atoms. The second-order valence-electron chi connectivity index (χ2n) is 7.99. The maximum atomic E-state index is 13.5. The highest BCUT2D eigenvalue weighted by atomic mass is 16.5. The van der Waals surface area contributed by atoms with Crippen LogP contribution in [0.25, 0.3) is 0 Å². The Morgan fingerprint density at radius 2 is 1.83 bits per heavy atom. The van der Waals surface area contributed by atoms with Gasteiger partial charge in [-0.25, -0.2) is 0 Å². The number of aromatic nitrogens is 1. The summed E-state index contributed by atoms with van der Waals surface area (Å²) in [5.74, 6) is -0.314. The van der Waals surface area contributed by atoms with Gasteiger partial charge in [0.2, 0.25) is 0 Å². The smallest absolute Gasteiger partial charge is 0.268 e. The lowest BCUT2D eigenvalue weighted by molar-refractivity contribution is -0.118. The van der Waals surface area contributed by atoms with Crippen molar-refractivity contribution in [1.29, 1.82) is 5.26 Å². The number of hydrogen-bond acceptors (Lipinski definition) is 7. The molecule has 2 aromatic carbocycles. The molecule has 1 N–H and O–H groups in total. The van der Waals surface area contributed by atoms with E-state index in [9.17, 15) is 19.6 Å². The van der Waals surface area contributed by atoms with E-state index in [-0.39, 0.29) is 35.6 Å². The predicted molar refractivity (Wildman–Crippen MR) is 134 cm³/mol. The molecule has 0 saturated carbocycles. The topological polar surface area (TPSA) is 120 Å². The van der Waals surface area contributed by atoms with Crippen LogP contribution in [0.2, 0.25) is 0 Å². The van der Waals surface area contributed by atoms with Crippen molar-refractivity contribution in [3.63, 3.8) is 0 Å². The molecule has 3 rings (SSSR count). The van der Waals surface area contributed by atoms with Gasteiger partial charge >= 0.3 is 0 Å². The van der Waals surface area contributed by atoms with Crippen LogP contribution in [0.1, 0.15) is 33.5 Å². The van der Waals surface area contributed by atoms with E-state index in [1.54, 1.807) is 25.3 Å². The molecular formula is C27H27N3O6. The molecule has 0 unspecified atom stereocenters. The first-order valence-corrected chi connectivity index (χ1v) is 11.2. The Bertz CT molecular complexity index is 1340. The highest BCUT2D eigenvalue weighted by Gasteiger charge is 2.20. The summed E-state index contributed by atoms with van der Waals surface area (Å²) in [6, 6.07) is 15.0. The molecule has 1 heterocycles. The molecule has 0 aliphatic heterocycles. The van der Waals surface area contributed by atoms with E-state index in [0.717, 1.165) is 5.56 Å². The van der Waals surface area contributed by atoms with Crippen molar-refractivity contribution < 1.29 is 23.8 Å². The summed E-state index contributed by atoms with van der Waals surface area (Å²) >= 11 is 0. The number of ketones is 1. The van der Waals surface area contributed by atoms with E-state index in [0.29, 0.717) is 24.5 Å². The number of carbonyl (C=O) groups is 2. The molecule has 186 valence electrons. The number of nitrogens with zero attached hydrogens (tertiary/aromatic N) is 2. The van der Waals surface area contributed by atoms with Gasteiger partial charge in [-0.1, -0.05) is 17.7 Å². The summed E-state index contributed by atoms with van der Waals surface area (Å²) in [6.07, 6.45) is 1.94. The maximum Gasteiger partial charge on any atom is 0.268 e. The zero-order valence-corrected chi connectivity index (χ0v) is 20.4. The SMILES string of the molecule is COCCCn1cc(C(=O)c2cc(OC)ccc2OCC(=O)Nc2ccc(C)cc2)cc(C#N)c1=O. The van der Waals surface area contributed by atoms with Crippen LogP contribution in [0.3, 0.4) is 0 Å². The molecule has 1 amide bonds. The zero-order valence-electron chi connectivity index (χ0n) is 20.4. The van der Waals surface area contributed by atoms with E-state index in [4.69, 9.17) is 14.2 Å². The summed E-state index contributed by atoms with van der Waals surface area (Å²) in [4.78, 5) is 38.4. The van der Waals surface area contributed by atoms with Gasteiger partial charge in [0, 0.05) is 37.7 Å². The molecule has 9 nitrogen and oxygen atoms in total. The third-order valence-corrected chi connectivity index (χ3v) is 5.34. The van der Waals surface area contributed by atoms with Crippen molar-refractivity contribution in [2.75, 3.05) is 32.8 Å². The number of rotatable bonds is 11. The van der Waals surface area contributed by atoms with Gasteiger partial charge in [-0.15, -0.1) is 0 Å². The minimum absolute atomic E-state index is 0.128. The largest absolute Gasteiger partial charge is 0.497 e. The second-order valence-corrected chi connectivity index (χ2v) is 7.99. The van der Waals surface area contributed by atoms with Gasteiger partial charge in [-0.05, 0) is 49.7 Å². The summed E-state index contributed by atoms with van der Waals surface area (Å²) < 4.78 is 17.3. The van der Waals surface area contributed by atoms with Crippen molar-refractivity contribution in [3.8, 4) is 17.6 Å². The van der Waals surface area contributed by atoms with Crippen molar-refractivity contribution in [2.24, 2.45) is 0 Å². The van der Waals surface area contributed by atoms with Gasteiger partial charge in [0.1, 0.15) is 23.1 Å². The van der Waals surface area contributed by atoms with Crippen molar-refractivity contribution in [3.05, 3.63) is 87.3 Å². The Morgan fingerprint density at radius 3 is 2.50 bits per heavy atom. The fourth-order valence-corrected chi connectivity index (χ4v) is 3.46. The number of nitrogens with one attached hydrogen (secondary N) is 1. The Morgan fingerprint density at radius 1 is 1.08 bits per heavy atom. The lowest BCUT2D eigenvalue weighted by atomic mass is 10.0. The molecule has 0 fully saturated rings. The minimum atomic E-state index is -0.486. The zero-order chi connectivity index (χ0) is 26.1. The monoisotopic (exact) mass is 489 g/mol. The summed E-state index contributed by atoms with van der Waals surface area (Å²) in [5.41, 5.74) is 1.31. The number of nitriles is 1. The van der Waals surface area contributed by atoms with Crippen LogP contribution in [-0.4, -0.2) is 43.7 Å². The number of anilines is 1. The average Bonchev–Trinajstić information content (AvgIpc) is 2.89. The van der Waals surface area contributed by atoms with Crippen molar-refractivity contribution in [2.45, 2.75) is 19.9 Å².